The van der Waals surface area contributed by atoms with E-state index in [0.29, 0.717) is 19.1 Å². The first-order valence-electron chi connectivity index (χ1n) is 11.8. The van der Waals surface area contributed by atoms with Crippen molar-refractivity contribution in [2.24, 2.45) is 11.1 Å². The van der Waals surface area contributed by atoms with Gasteiger partial charge in [0, 0.05) is 37.8 Å². The Morgan fingerprint density at radius 1 is 1.08 bits per heavy atom. The first-order chi connectivity index (χ1) is 17.7. The van der Waals surface area contributed by atoms with Crippen LogP contribution in [0.1, 0.15) is 39.2 Å². The number of hydrogen-bond donors (Lipinski definition) is 1. The Morgan fingerprint density at radius 2 is 1.67 bits per heavy atom. The molecule has 39 heavy (non-hydrogen) atoms. The van der Waals surface area contributed by atoms with Crippen LogP contribution in [0, 0.1) is 11.2 Å². The van der Waals surface area contributed by atoms with Crippen molar-refractivity contribution in [3.05, 3.63) is 47.8 Å². The molecule has 1 aliphatic rings. The highest BCUT2D eigenvalue weighted by molar-refractivity contribution is 7.89. The van der Waals surface area contributed by atoms with Gasteiger partial charge in [0.15, 0.2) is 0 Å². The van der Waals surface area contributed by atoms with E-state index in [1.807, 2.05) is 0 Å². The molecule has 0 aliphatic carbocycles. The van der Waals surface area contributed by atoms with Crippen LogP contribution in [0.25, 0.3) is 0 Å². The van der Waals surface area contributed by atoms with Crippen LogP contribution in [0.2, 0.25) is 0 Å². The first-order valence-corrected chi connectivity index (χ1v) is 13.2. The van der Waals surface area contributed by atoms with Gasteiger partial charge in [-0.2, -0.15) is 17.5 Å². The number of anilines is 2. The second kappa shape index (κ2) is 10.5. The summed E-state index contributed by atoms with van der Waals surface area (Å²) in [7, 11) is -3.39. The summed E-state index contributed by atoms with van der Waals surface area (Å²) in [6, 6.07) is 4.79. The molecule has 1 amide bonds. The monoisotopic (exact) mass is 581 g/mol. The molecule has 1 heterocycles. The Labute approximate surface area is 222 Å². The number of hydrogen-bond acceptors (Lipinski definition) is 5. The second-order valence-electron chi connectivity index (χ2n) is 10.2. The zero-order chi connectivity index (χ0) is 29.6. The predicted molar refractivity (Wildman–Crippen MR) is 132 cm³/mol. The van der Waals surface area contributed by atoms with E-state index in [-0.39, 0.29) is 18.7 Å². The van der Waals surface area contributed by atoms with Crippen molar-refractivity contribution in [3.8, 4) is 5.75 Å². The molecule has 2 aromatic rings. The van der Waals surface area contributed by atoms with Crippen molar-refractivity contribution in [2.45, 2.75) is 56.6 Å². The van der Waals surface area contributed by atoms with Crippen LogP contribution >= 0.6 is 0 Å². The van der Waals surface area contributed by atoms with E-state index in [1.165, 1.54) is 30.9 Å². The van der Waals surface area contributed by atoms with Gasteiger partial charge in [0.1, 0.15) is 23.1 Å². The number of carbonyl (C=O) groups excluding carboxylic acids is 1. The topological polar surface area (TPSA) is 92.9 Å². The number of carbonyl (C=O) groups is 1. The smallest absolute Gasteiger partial charge is 0.420 e. The fourth-order valence-electron chi connectivity index (χ4n) is 3.97. The molecule has 3 rings (SSSR count). The molecule has 2 N–H and O–H groups in total. The lowest BCUT2D eigenvalue weighted by atomic mass is 9.94. The summed E-state index contributed by atoms with van der Waals surface area (Å²) >= 11 is 0. The largest absolute Gasteiger partial charge is 0.492 e. The summed E-state index contributed by atoms with van der Waals surface area (Å²) in [5.41, 5.74) is 2.32. The molecule has 216 valence electrons. The van der Waals surface area contributed by atoms with Gasteiger partial charge in [-0.05, 0) is 57.5 Å². The summed E-state index contributed by atoms with van der Waals surface area (Å²) in [6.45, 7) is 2.49. The van der Waals surface area contributed by atoms with Gasteiger partial charge in [-0.15, -0.1) is 0 Å². The normalized spacial score (nSPS) is 18.4. The number of amides is 1. The van der Waals surface area contributed by atoms with Crippen LogP contribution in [0.3, 0.4) is 0 Å². The molecule has 0 bridgehead atoms. The maximum absolute atomic E-state index is 14.2. The summed E-state index contributed by atoms with van der Waals surface area (Å²) < 4.78 is 117. The van der Waals surface area contributed by atoms with Gasteiger partial charge < -0.3 is 15.4 Å². The van der Waals surface area contributed by atoms with Crippen molar-refractivity contribution in [3.63, 3.8) is 0 Å². The highest BCUT2D eigenvalue weighted by atomic mass is 32.2. The molecule has 0 spiro atoms. The fourth-order valence-corrected chi connectivity index (χ4v) is 5.54. The average molecular weight is 582 g/mol. The quantitative estimate of drug-likeness (QED) is 0.427. The molecule has 1 aliphatic heterocycles. The molecule has 0 aromatic heterocycles. The Bertz CT molecular complexity index is 1330. The van der Waals surface area contributed by atoms with Crippen LogP contribution in [0.4, 0.5) is 37.7 Å². The average Bonchev–Trinajstić information content (AvgIpc) is 2.88. The number of nitrogens with two attached hydrogens (primary N) is 1. The molecule has 0 unspecified atom stereocenters. The van der Waals surface area contributed by atoms with Crippen LogP contribution in [0.5, 0.6) is 5.75 Å². The third-order valence-corrected chi connectivity index (χ3v) is 8.47. The van der Waals surface area contributed by atoms with Gasteiger partial charge in [0.05, 0.1) is 16.7 Å². The van der Waals surface area contributed by atoms with Crippen LogP contribution in [0.15, 0.2) is 41.3 Å². The van der Waals surface area contributed by atoms with Crippen molar-refractivity contribution in [1.82, 2.24) is 4.31 Å². The minimum Gasteiger partial charge on any atom is -0.492 e. The number of sulfonamides is 1. The minimum absolute atomic E-state index is 0.146. The third kappa shape index (κ3) is 6.78. The van der Waals surface area contributed by atoms with Crippen LogP contribution < -0.4 is 15.4 Å². The van der Waals surface area contributed by atoms with Crippen LogP contribution in [-0.2, 0) is 21.0 Å². The fraction of sp³-hybridized carbons (Fsp3) is 0.480. The van der Waals surface area contributed by atoms with Crippen molar-refractivity contribution in [1.29, 1.82) is 0 Å². The van der Waals surface area contributed by atoms with Gasteiger partial charge in [0.25, 0.3) is 0 Å². The molecular weight excluding hydrogens is 552 g/mol. The standard InChI is InChI=1S/C25H29F6N3O4S/c1-23(2,22(32)35)14-38-20-12-21-19(11-18(20)25(29,30)31)34(16-7-5-15(26)6-8-16)13-17(9-10-24(3,27)28)33(4)39(21,36)37/h5-8,11-12,17H,9-10,13-14H2,1-4H3,(H2,32,35)/t17-/m1/s1. The van der Waals surface area contributed by atoms with Crippen molar-refractivity contribution < 1.29 is 44.3 Å². The predicted octanol–water partition coefficient (Wildman–Crippen LogP) is 5.31. The SMILES string of the molecule is CN1[C@H](CCC(C)(F)F)CN(c2ccc(F)cc2)c2cc(C(F)(F)F)c(OCC(C)(C)C(N)=O)cc2S1(=O)=O. The number of likely N-dealkylation sites (N-methyl/N-ethyl adjacent to an activating group) is 1. The molecule has 7 nitrogen and oxygen atoms in total. The number of benzene rings is 2. The van der Waals surface area contributed by atoms with E-state index < -0.39 is 80.2 Å². The Morgan fingerprint density at radius 3 is 2.18 bits per heavy atom. The highest BCUT2D eigenvalue weighted by Crippen LogP contribution is 2.46. The van der Waals surface area contributed by atoms with E-state index >= 15 is 0 Å². The lowest BCUT2D eigenvalue weighted by Crippen LogP contribution is -2.41. The first kappa shape index (κ1) is 30.5. The Hall–Kier alpha value is -3.00. The lowest BCUT2D eigenvalue weighted by Gasteiger charge is -2.30. The zero-order valence-electron chi connectivity index (χ0n) is 21.7. The maximum Gasteiger partial charge on any atom is 0.420 e. The van der Waals surface area contributed by atoms with Crippen molar-refractivity contribution in [2.75, 3.05) is 25.1 Å². The number of rotatable bonds is 8. The minimum atomic E-state index is -5.01. The van der Waals surface area contributed by atoms with E-state index in [2.05, 4.69) is 0 Å². The molecule has 2 aromatic carbocycles. The second-order valence-corrected chi connectivity index (χ2v) is 12.2. The number of primary amides is 1. The number of alkyl halides is 5. The molecule has 0 radical (unpaired) electrons. The summed E-state index contributed by atoms with van der Waals surface area (Å²) in [4.78, 5) is 12.3. The van der Waals surface area contributed by atoms with Gasteiger partial charge in [-0.1, -0.05) is 0 Å². The number of halogens is 6. The molecule has 0 saturated heterocycles. The van der Waals surface area contributed by atoms with Gasteiger partial charge >= 0.3 is 6.18 Å². The Kier molecular flexibility index (Phi) is 8.24. The number of ether oxygens (including phenoxy) is 1. The zero-order valence-corrected chi connectivity index (χ0v) is 22.5. The molecule has 0 fully saturated rings. The van der Waals surface area contributed by atoms with E-state index in [9.17, 15) is 39.6 Å². The van der Waals surface area contributed by atoms with E-state index in [4.69, 9.17) is 10.5 Å². The summed E-state index contributed by atoms with van der Waals surface area (Å²) in [5.74, 6) is -5.47. The third-order valence-electron chi connectivity index (χ3n) is 6.53. The summed E-state index contributed by atoms with van der Waals surface area (Å²) in [5, 5.41) is 0. The van der Waals surface area contributed by atoms with Crippen LogP contribution in [-0.4, -0.2) is 50.8 Å². The van der Waals surface area contributed by atoms with Gasteiger partial charge in [-0.3, -0.25) is 4.79 Å². The molecule has 1 atom stereocenters. The van der Waals surface area contributed by atoms with Gasteiger partial charge in [0.2, 0.25) is 21.9 Å². The highest BCUT2D eigenvalue weighted by Gasteiger charge is 2.43. The van der Waals surface area contributed by atoms with E-state index in [0.717, 1.165) is 23.5 Å². The molecule has 0 saturated carbocycles. The summed E-state index contributed by atoms with van der Waals surface area (Å²) in [6.07, 6.45) is -6.01. The molecule has 14 heteroatoms. The van der Waals surface area contributed by atoms with Crippen molar-refractivity contribution >= 4 is 27.3 Å². The Balaban J connectivity index is 2.26. The molecular formula is C25H29F6N3O4S. The number of fused-ring (bicyclic) bond motifs is 1. The van der Waals surface area contributed by atoms with E-state index in [1.54, 1.807) is 0 Å². The lowest BCUT2D eigenvalue weighted by molar-refractivity contribution is -0.139. The maximum atomic E-state index is 14.2. The number of nitrogens with zero attached hydrogens (tertiary/aromatic N) is 2. The van der Waals surface area contributed by atoms with Gasteiger partial charge in [-0.25, -0.2) is 21.6 Å².